The van der Waals surface area contributed by atoms with Crippen molar-refractivity contribution in [1.82, 2.24) is 4.57 Å². The molecule has 15 rings (SSSR count). The molecule has 0 amide bonds. The van der Waals surface area contributed by atoms with E-state index in [-0.39, 0.29) is 0 Å². The molecule has 11 aromatic carbocycles. The van der Waals surface area contributed by atoms with Crippen molar-refractivity contribution in [3.05, 3.63) is 253 Å². The van der Waals surface area contributed by atoms with Crippen molar-refractivity contribution in [3.8, 4) is 16.8 Å². The number of hydrogen-bond donors (Lipinski definition) is 0. The highest BCUT2D eigenvalue weighted by atomic mass is 28.3. The predicted molar refractivity (Wildman–Crippen MR) is 292 cm³/mol. The lowest BCUT2D eigenvalue weighted by Gasteiger charge is -2.50. The van der Waals surface area contributed by atoms with Gasteiger partial charge in [0.1, 0.15) is 19.2 Å². The van der Waals surface area contributed by atoms with E-state index in [1.807, 2.05) is 6.07 Å². The van der Waals surface area contributed by atoms with Gasteiger partial charge in [-0.15, -0.1) is 0 Å². The molecule has 1 aliphatic heterocycles. The standard InChI is InChI=1S/C65H44N2OSi/c1-69(2)62-31-12-9-26-54(62)65(53-25-8-5-21-47(53)50-24-13-18-42-19-14-27-56(65)64(42)50)55-35-32-45(40-63(55)69)66(57-29-15-17-41-16-3-4-20-46(41)57)43-33-36-59-51(38-43)48-22-6-10-28-58(48)67(59)44-34-37-61-52(39-44)49-23-7-11-30-60(49)68-61/h3-40H,1-2H3. The quantitative estimate of drug-likeness (QED) is 0.164. The Morgan fingerprint density at radius 3 is 1.94 bits per heavy atom. The molecule has 1 atom stereocenters. The Kier molecular flexibility index (Phi) is 7.87. The van der Waals surface area contributed by atoms with Crippen LogP contribution in [0.25, 0.3) is 82.1 Å². The zero-order valence-corrected chi connectivity index (χ0v) is 39.2. The van der Waals surface area contributed by atoms with E-state index in [1.54, 1.807) is 0 Å². The number of aromatic nitrogens is 1. The van der Waals surface area contributed by atoms with Gasteiger partial charge >= 0.3 is 0 Å². The van der Waals surface area contributed by atoms with Gasteiger partial charge in [-0.05, 0) is 127 Å². The van der Waals surface area contributed by atoms with E-state index in [2.05, 4.69) is 247 Å². The predicted octanol–water partition coefficient (Wildman–Crippen LogP) is 16.0. The Hall–Kier alpha value is -8.44. The van der Waals surface area contributed by atoms with Crippen LogP contribution in [0.3, 0.4) is 0 Å². The minimum absolute atomic E-state index is 0.506. The molecule has 1 spiro atoms. The molecule has 0 bridgehead atoms. The maximum atomic E-state index is 6.28. The molecule has 1 aliphatic carbocycles. The molecule has 1 unspecified atom stereocenters. The first-order valence-corrected chi connectivity index (χ1v) is 27.1. The van der Waals surface area contributed by atoms with Crippen LogP contribution in [0.4, 0.5) is 17.1 Å². The molecule has 2 aromatic heterocycles. The van der Waals surface area contributed by atoms with Gasteiger partial charge in [0.05, 0.1) is 22.1 Å². The highest BCUT2D eigenvalue weighted by Gasteiger charge is 2.52. The molecule has 324 valence electrons. The summed E-state index contributed by atoms with van der Waals surface area (Å²) in [7, 11) is -2.35. The summed E-state index contributed by atoms with van der Waals surface area (Å²) in [6.45, 7) is 5.13. The molecule has 3 nitrogen and oxygen atoms in total. The summed E-state index contributed by atoms with van der Waals surface area (Å²) in [6, 6.07) is 86.4. The van der Waals surface area contributed by atoms with E-state index >= 15 is 0 Å². The molecule has 3 heterocycles. The number of anilines is 3. The summed E-state index contributed by atoms with van der Waals surface area (Å²) < 4.78 is 8.70. The second-order valence-corrected chi connectivity index (χ2v) is 23.9. The lowest BCUT2D eigenvalue weighted by atomic mass is 9.59. The number of para-hydroxylation sites is 2. The van der Waals surface area contributed by atoms with Gasteiger partial charge in [0, 0.05) is 44.0 Å². The van der Waals surface area contributed by atoms with Crippen LogP contribution in [0.5, 0.6) is 0 Å². The zero-order valence-electron chi connectivity index (χ0n) is 38.2. The molecule has 13 aromatic rings. The number of hydrogen-bond acceptors (Lipinski definition) is 2. The van der Waals surface area contributed by atoms with Crippen LogP contribution in [-0.2, 0) is 5.41 Å². The average Bonchev–Trinajstić information content (AvgIpc) is 3.94. The maximum absolute atomic E-state index is 6.28. The summed E-state index contributed by atoms with van der Waals surface area (Å²) in [6.07, 6.45) is 0. The monoisotopic (exact) mass is 896 g/mol. The fraction of sp³-hybridized carbons (Fsp3) is 0.0462. The topological polar surface area (TPSA) is 21.3 Å². The van der Waals surface area contributed by atoms with Crippen LogP contribution in [0.2, 0.25) is 13.1 Å². The highest BCUT2D eigenvalue weighted by molar-refractivity contribution is 7.01. The molecule has 4 heteroatoms. The van der Waals surface area contributed by atoms with Gasteiger partial charge in [0.15, 0.2) is 0 Å². The van der Waals surface area contributed by atoms with Gasteiger partial charge in [0.2, 0.25) is 0 Å². The molecule has 2 aliphatic rings. The van der Waals surface area contributed by atoms with Gasteiger partial charge in [-0.25, -0.2) is 0 Å². The van der Waals surface area contributed by atoms with Gasteiger partial charge < -0.3 is 13.9 Å². The molecule has 0 N–H and O–H groups in total. The average molecular weight is 897 g/mol. The molecule has 0 saturated heterocycles. The normalized spacial score (nSPS) is 15.6. The highest BCUT2D eigenvalue weighted by Crippen LogP contribution is 2.56. The van der Waals surface area contributed by atoms with E-state index in [9.17, 15) is 0 Å². The van der Waals surface area contributed by atoms with Gasteiger partial charge in [-0.2, -0.15) is 0 Å². The minimum atomic E-state index is -2.35. The number of benzene rings is 11. The van der Waals surface area contributed by atoms with Crippen LogP contribution in [0.15, 0.2) is 235 Å². The number of furan rings is 1. The molecule has 0 fully saturated rings. The Labute approximate surface area is 400 Å². The largest absolute Gasteiger partial charge is 0.456 e. The Bertz CT molecular complexity index is 4320. The zero-order chi connectivity index (χ0) is 45.6. The van der Waals surface area contributed by atoms with Crippen molar-refractivity contribution in [3.63, 3.8) is 0 Å². The number of fused-ring (bicyclic) bond motifs is 15. The fourth-order valence-corrected chi connectivity index (χ4v) is 16.1. The van der Waals surface area contributed by atoms with E-state index in [0.717, 1.165) is 50.2 Å². The number of rotatable bonds is 4. The second kappa shape index (κ2) is 14.1. The SMILES string of the molecule is C[Si]1(C)c2ccccc2C2(c3ccccc3-c3cccc4cccc2c34)c2ccc(N(c3ccc4c(c3)c3ccccc3n4-c3ccc4oc5ccccc5c4c3)c3cccc4ccccc34)cc21. The van der Waals surface area contributed by atoms with Crippen molar-refractivity contribution in [2.24, 2.45) is 0 Å². The Morgan fingerprint density at radius 2 is 1.03 bits per heavy atom. The van der Waals surface area contributed by atoms with Crippen molar-refractivity contribution in [2.45, 2.75) is 18.5 Å². The summed E-state index contributed by atoms with van der Waals surface area (Å²) in [4.78, 5) is 2.53. The Balaban J connectivity index is 0.996. The molecule has 69 heavy (non-hydrogen) atoms. The van der Waals surface area contributed by atoms with Gasteiger partial charge in [-0.1, -0.05) is 177 Å². The van der Waals surface area contributed by atoms with E-state index in [0.29, 0.717) is 0 Å². The molecule has 0 saturated carbocycles. The molecule has 0 radical (unpaired) electrons. The minimum Gasteiger partial charge on any atom is -0.456 e. The summed E-state index contributed by atoms with van der Waals surface area (Å²) in [5.74, 6) is 0. The fourth-order valence-electron chi connectivity index (χ4n) is 12.9. The van der Waals surface area contributed by atoms with Crippen LogP contribution in [0, 0.1) is 0 Å². The summed E-state index contributed by atoms with van der Waals surface area (Å²) >= 11 is 0. The van der Waals surface area contributed by atoms with Crippen LogP contribution < -0.4 is 15.3 Å². The van der Waals surface area contributed by atoms with Crippen molar-refractivity contribution in [1.29, 1.82) is 0 Å². The van der Waals surface area contributed by atoms with E-state index < -0.39 is 13.5 Å². The third-order valence-electron chi connectivity index (χ3n) is 15.8. The second-order valence-electron chi connectivity index (χ2n) is 19.6. The van der Waals surface area contributed by atoms with Crippen LogP contribution in [0.1, 0.15) is 22.3 Å². The van der Waals surface area contributed by atoms with Crippen LogP contribution >= 0.6 is 0 Å². The lowest BCUT2D eigenvalue weighted by Crippen LogP contribution is -2.63. The first kappa shape index (κ1) is 38.6. The van der Waals surface area contributed by atoms with Crippen LogP contribution in [-0.4, -0.2) is 12.6 Å². The third-order valence-corrected chi connectivity index (χ3v) is 19.4. The summed E-state index contributed by atoms with van der Waals surface area (Å²) in [5.41, 5.74) is 16.3. The first-order valence-electron chi connectivity index (χ1n) is 24.1. The molecular formula is C65H44N2OSi. The lowest BCUT2D eigenvalue weighted by molar-refractivity contribution is 0.669. The van der Waals surface area contributed by atoms with Crippen molar-refractivity contribution in [2.75, 3.05) is 4.90 Å². The maximum Gasteiger partial charge on any atom is 0.135 e. The van der Waals surface area contributed by atoms with Crippen molar-refractivity contribution >= 4 is 101 Å². The van der Waals surface area contributed by atoms with E-state index in [4.69, 9.17) is 4.42 Å². The summed E-state index contributed by atoms with van der Waals surface area (Å²) in [5, 5.41) is 12.7. The van der Waals surface area contributed by atoms with Gasteiger partial charge in [0.25, 0.3) is 0 Å². The molecular weight excluding hydrogens is 853 g/mol. The number of nitrogens with zero attached hydrogens (tertiary/aromatic N) is 2. The van der Waals surface area contributed by atoms with Gasteiger partial charge in [-0.3, -0.25) is 0 Å². The Morgan fingerprint density at radius 1 is 0.406 bits per heavy atom. The smallest absolute Gasteiger partial charge is 0.135 e. The first-order chi connectivity index (χ1) is 34.0. The van der Waals surface area contributed by atoms with Crippen molar-refractivity contribution < 1.29 is 4.42 Å². The van der Waals surface area contributed by atoms with E-state index in [1.165, 1.54) is 81.6 Å². The third kappa shape index (κ3) is 5.16.